The molecule has 2 nitrogen and oxygen atoms in total. The molecular formula is C26H48O2. The molecule has 0 N–H and O–H groups in total. The van der Waals surface area contributed by atoms with E-state index in [9.17, 15) is 0 Å². The van der Waals surface area contributed by atoms with Gasteiger partial charge in [-0.15, -0.1) is 0 Å². The van der Waals surface area contributed by atoms with Crippen molar-refractivity contribution in [2.45, 2.75) is 101 Å². The SMILES string of the molecule is CC(C)=CCC/C(C)=C\C(C)C.CCOC(/C=C(\C)CCC=C(C)C)OCC. The highest BCUT2D eigenvalue weighted by Gasteiger charge is 2.03. The smallest absolute Gasteiger partial charge is 0.177 e. The van der Waals surface area contributed by atoms with Gasteiger partial charge in [-0.1, -0.05) is 54.4 Å². The molecule has 0 heterocycles. The average Bonchev–Trinajstić information content (AvgIpc) is 2.54. The Hall–Kier alpha value is -1.12. The van der Waals surface area contributed by atoms with Crippen molar-refractivity contribution >= 4 is 0 Å². The first-order valence-electron chi connectivity index (χ1n) is 11.0. The molecule has 0 aromatic heterocycles. The van der Waals surface area contributed by atoms with E-state index in [1.54, 1.807) is 0 Å². The summed E-state index contributed by atoms with van der Waals surface area (Å²) >= 11 is 0. The number of rotatable bonds is 12. The number of ether oxygens (including phenoxy) is 2. The van der Waals surface area contributed by atoms with Crippen molar-refractivity contribution in [3.8, 4) is 0 Å². The van der Waals surface area contributed by atoms with Crippen molar-refractivity contribution in [1.29, 1.82) is 0 Å². The molecule has 0 saturated carbocycles. The van der Waals surface area contributed by atoms with Crippen LogP contribution in [0.25, 0.3) is 0 Å². The molecule has 0 atom stereocenters. The van der Waals surface area contributed by atoms with Crippen LogP contribution in [-0.4, -0.2) is 19.5 Å². The van der Waals surface area contributed by atoms with Crippen LogP contribution in [0, 0.1) is 5.92 Å². The van der Waals surface area contributed by atoms with E-state index in [4.69, 9.17) is 9.47 Å². The fourth-order valence-corrected chi connectivity index (χ4v) is 2.62. The molecule has 0 aromatic carbocycles. The molecule has 0 radical (unpaired) electrons. The summed E-state index contributed by atoms with van der Waals surface area (Å²) < 4.78 is 10.9. The van der Waals surface area contributed by atoms with E-state index >= 15 is 0 Å². The lowest BCUT2D eigenvalue weighted by Gasteiger charge is -2.14. The zero-order valence-corrected chi connectivity index (χ0v) is 20.5. The third-order valence-corrected chi connectivity index (χ3v) is 3.88. The molecule has 164 valence electrons. The van der Waals surface area contributed by atoms with Gasteiger partial charge in [-0.3, -0.25) is 0 Å². The van der Waals surface area contributed by atoms with Gasteiger partial charge in [0.1, 0.15) is 0 Å². The quantitative estimate of drug-likeness (QED) is 0.245. The first-order chi connectivity index (χ1) is 13.1. The van der Waals surface area contributed by atoms with Gasteiger partial charge in [0.05, 0.1) is 0 Å². The van der Waals surface area contributed by atoms with Crippen molar-refractivity contribution < 1.29 is 9.47 Å². The van der Waals surface area contributed by atoms with Crippen LogP contribution < -0.4 is 0 Å². The Balaban J connectivity index is 0. The molecule has 0 aliphatic heterocycles. The summed E-state index contributed by atoms with van der Waals surface area (Å²) in [7, 11) is 0. The van der Waals surface area contributed by atoms with Crippen LogP contribution in [0.5, 0.6) is 0 Å². The molecule has 2 heteroatoms. The lowest BCUT2D eigenvalue weighted by Crippen LogP contribution is -2.14. The minimum Gasteiger partial charge on any atom is -0.349 e. The fraction of sp³-hybridized carbons (Fsp3) is 0.692. The Labute approximate surface area is 176 Å². The van der Waals surface area contributed by atoms with Crippen LogP contribution in [0.1, 0.15) is 94.9 Å². The van der Waals surface area contributed by atoms with Gasteiger partial charge in [-0.25, -0.2) is 0 Å². The Morgan fingerprint density at radius 1 is 0.679 bits per heavy atom. The maximum atomic E-state index is 5.47. The molecule has 28 heavy (non-hydrogen) atoms. The normalized spacial score (nSPS) is 12.0. The first-order valence-corrected chi connectivity index (χ1v) is 11.0. The minimum absolute atomic E-state index is 0.179. The van der Waals surface area contributed by atoms with Gasteiger partial charge in [0.25, 0.3) is 0 Å². The summed E-state index contributed by atoms with van der Waals surface area (Å²) in [5, 5.41) is 0. The second-order valence-electron chi connectivity index (χ2n) is 8.19. The van der Waals surface area contributed by atoms with Crippen LogP contribution in [0.2, 0.25) is 0 Å². The van der Waals surface area contributed by atoms with Gasteiger partial charge in [0.2, 0.25) is 0 Å². The van der Waals surface area contributed by atoms with E-state index in [-0.39, 0.29) is 6.29 Å². The predicted octanol–water partition coefficient (Wildman–Crippen LogP) is 8.41. The molecule has 0 aromatic rings. The number of hydrogen-bond acceptors (Lipinski definition) is 2. The molecule has 0 aliphatic carbocycles. The van der Waals surface area contributed by atoms with Crippen LogP contribution in [0.4, 0.5) is 0 Å². The van der Waals surface area contributed by atoms with Crippen LogP contribution in [0.15, 0.2) is 46.6 Å². The molecule has 0 fully saturated rings. The zero-order chi connectivity index (χ0) is 21.9. The minimum atomic E-state index is -0.179. The average molecular weight is 393 g/mol. The highest BCUT2D eigenvalue weighted by Crippen LogP contribution is 2.10. The highest BCUT2D eigenvalue weighted by atomic mass is 16.7. The fourth-order valence-electron chi connectivity index (χ4n) is 2.62. The van der Waals surface area contributed by atoms with Crippen LogP contribution >= 0.6 is 0 Å². The van der Waals surface area contributed by atoms with E-state index in [0.29, 0.717) is 19.1 Å². The molecule has 0 spiro atoms. The van der Waals surface area contributed by atoms with E-state index in [0.717, 1.165) is 12.8 Å². The van der Waals surface area contributed by atoms with E-state index in [1.165, 1.54) is 35.1 Å². The summed E-state index contributed by atoms with van der Waals surface area (Å²) in [5.41, 5.74) is 5.64. The molecule has 0 saturated heterocycles. The molecule has 0 aliphatic rings. The molecule has 0 amide bonds. The summed E-state index contributed by atoms with van der Waals surface area (Å²) in [6, 6.07) is 0. The Morgan fingerprint density at radius 2 is 1.07 bits per heavy atom. The van der Waals surface area contributed by atoms with Gasteiger partial charge in [0, 0.05) is 13.2 Å². The predicted molar refractivity (Wildman–Crippen MR) is 127 cm³/mol. The Bertz CT molecular complexity index is 479. The number of hydrogen-bond donors (Lipinski definition) is 0. The van der Waals surface area contributed by atoms with Crippen molar-refractivity contribution in [3.63, 3.8) is 0 Å². The van der Waals surface area contributed by atoms with E-state index < -0.39 is 0 Å². The third kappa shape index (κ3) is 22.9. The lowest BCUT2D eigenvalue weighted by atomic mass is 10.1. The van der Waals surface area contributed by atoms with Crippen molar-refractivity contribution in [3.05, 3.63) is 46.6 Å². The maximum Gasteiger partial charge on any atom is 0.177 e. The zero-order valence-electron chi connectivity index (χ0n) is 20.5. The van der Waals surface area contributed by atoms with Crippen molar-refractivity contribution in [2.24, 2.45) is 5.92 Å². The number of allylic oxidation sites excluding steroid dienone is 7. The van der Waals surface area contributed by atoms with Gasteiger partial charge in [0.15, 0.2) is 6.29 Å². The second-order valence-corrected chi connectivity index (χ2v) is 8.19. The summed E-state index contributed by atoms with van der Waals surface area (Å²) in [6.45, 7) is 22.7. The second kappa shape index (κ2) is 19.2. The van der Waals surface area contributed by atoms with Crippen LogP contribution in [-0.2, 0) is 9.47 Å². The molecule has 0 rings (SSSR count). The Morgan fingerprint density at radius 3 is 1.39 bits per heavy atom. The lowest BCUT2D eigenvalue weighted by molar-refractivity contribution is -0.104. The molecule has 0 unspecified atom stereocenters. The topological polar surface area (TPSA) is 18.5 Å². The highest BCUT2D eigenvalue weighted by molar-refractivity contribution is 5.04. The van der Waals surface area contributed by atoms with Crippen molar-refractivity contribution in [1.82, 2.24) is 0 Å². The Kier molecular flexibility index (Phi) is 20.0. The van der Waals surface area contributed by atoms with Gasteiger partial charge in [-0.05, 0) is 93.1 Å². The molecule has 0 bridgehead atoms. The third-order valence-electron chi connectivity index (χ3n) is 3.88. The van der Waals surface area contributed by atoms with Crippen LogP contribution in [0.3, 0.4) is 0 Å². The van der Waals surface area contributed by atoms with Gasteiger partial charge < -0.3 is 9.47 Å². The van der Waals surface area contributed by atoms with Crippen molar-refractivity contribution in [2.75, 3.05) is 13.2 Å². The van der Waals surface area contributed by atoms with Gasteiger partial charge in [-0.2, -0.15) is 0 Å². The summed E-state index contributed by atoms with van der Waals surface area (Å²) in [5.74, 6) is 0.691. The maximum absolute atomic E-state index is 5.47. The summed E-state index contributed by atoms with van der Waals surface area (Å²) in [6.07, 6.45) is 13.4. The standard InChI is InChI=1S/C14H26O2.C12H22/c1-6-15-14(16-7-2)11-13(5)10-8-9-12(3)4;1-10(2)7-6-8-12(5)9-11(3)4/h9,11,14H,6-8,10H2,1-5H3;7,9,11H,6,8H2,1-5H3/b13-11+;12-9-. The summed E-state index contributed by atoms with van der Waals surface area (Å²) in [4.78, 5) is 0. The van der Waals surface area contributed by atoms with E-state index in [1.807, 2.05) is 13.8 Å². The first kappa shape index (κ1) is 29.1. The largest absolute Gasteiger partial charge is 0.349 e. The molecular weight excluding hydrogens is 344 g/mol. The van der Waals surface area contributed by atoms with E-state index in [2.05, 4.69) is 79.7 Å². The monoisotopic (exact) mass is 392 g/mol. The van der Waals surface area contributed by atoms with Gasteiger partial charge >= 0.3 is 0 Å².